The van der Waals surface area contributed by atoms with Gasteiger partial charge < -0.3 is 5.73 Å². The van der Waals surface area contributed by atoms with Crippen LogP contribution in [0.3, 0.4) is 0 Å². The Morgan fingerprint density at radius 3 is 2.53 bits per heavy atom. The second-order valence-corrected chi connectivity index (χ2v) is 5.38. The summed E-state index contributed by atoms with van der Waals surface area (Å²) in [5.74, 6) is 1.52. The SMILES string of the molecule is CCC(C(C)C)N1CCCC(C)C1CN. The maximum Gasteiger partial charge on any atom is 0.0247 e. The quantitative estimate of drug-likeness (QED) is 0.776. The molecule has 0 aliphatic carbocycles. The number of rotatable bonds is 4. The van der Waals surface area contributed by atoms with Gasteiger partial charge in [-0.05, 0) is 37.6 Å². The molecule has 2 nitrogen and oxygen atoms in total. The summed E-state index contributed by atoms with van der Waals surface area (Å²) >= 11 is 0. The summed E-state index contributed by atoms with van der Waals surface area (Å²) in [5.41, 5.74) is 5.94. The van der Waals surface area contributed by atoms with E-state index in [0.717, 1.165) is 24.4 Å². The van der Waals surface area contributed by atoms with Crippen molar-refractivity contribution in [3.63, 3.8) is 0 Å². The molecule has 1 fully saturated rings. The minimum absolute atomic E-state index is 0.617. The second kappa shape index (κ2) is 5.86. The molecule has 0 radical (unpaired) electrons. The van der Waals surface area contributed by atoms with Gasteiger partial charge in [-0.2, -0.15) is 0 Å². The van der Waals surface area contributed by atoms with Gasteiger partial charge in [-0.25, -0.2) is 0 Å². The molecule has 2 N–H and O–H groups in total. The van der Waals surface area contributed by atoms with Crippen LogP contribution in [0, 0.1) is 11.8 Å². The predicted octanol–water partition coefficient (Wildman–Crippen LogP) is 2.48. The minimum Gasteiger partial charge on any atom is -0.329 e. The Hall–Kier alpha value is -0.0800. The van der Waals surface area contributed by atoms with Crippen LogP contribution in [0.4, 0.5) is 0 Å². The van der Waals surface area contributed by atoms with Crippen molar-refractivity contribution in [3.8, 4) is 0 Å². The first-order valence-corrected chi connectivity index (χ1v) is 6.57. The van der Waals surface area contributed by atoms with Gasteiger partial charge in [0.25, 0.3) is 0 Å². The fourth-order valence-corrected chi connectivity index (χ4v) is 3.15. The van der Waals surface area contributed by atoms with E-state index in [9.17, 15) is 0 Å². The third-order valence-electron chi connectivity index (χ3n) is 4.01. The molecule has 0 amide bonds. The Morgan fingerprint density at radius 1 is 1.40 bits per heavy atom. The van der Waals surface area contributed by atoms with Gasteiger partial charge >= 0.3 is 0 Å². The third kappa shape index (κ3) is 2.94. The summed E-state index contributed by atoms with van der Waals surface area (Å²) in [6, 6.07) is 1.34. The topological polar surface area (TPSA) is 29.3 Å². The number of nitrogens with zero attached hydrogens (tertiary/aromatic N) is 1. The van der Waals surface area contributed by atoms with Crippen molar-refractivity contribution in [2.24, 2.45) is 17.6 Å². The van der Waals surface area contributed by atoms with Gasteiger partial charge in [0.2, 0.25) is 0 Å². The van der Waals surface area contributed by atoms with Crippen LogP contribution in [0.5, 0.6) is 0 Å². The summed E-state index contributed by atoms with van der Waals surface area (Å²) in [7, 11) is 0. The van der Waals surface area contributed by atoms with Crippen LogP contribution in [0.25, 0.3) is 0 Å². The molecule has 1 rings (SSSR count). The second-order valence-electron chi connectivity index (χ2n) is 5.38. The molecule has 0 aromatic heterocycles. The number of likely N-dealkylation sites (tertiary alicyclic amines) is 1. The van der Waals surface area contributed by atoms with Crippen molar-refractivity contribution < 1.29 is 0 Å². The van der Waals surface area contributed by atoms with E-state index in [-0.39, 0.29) is 0 Å². The lowest BCUT2D eigenvalue weighted by molar-refractivity contribution is 0.0399. The Balaban J connectivity index is 2.71. The highest BCUT2D eigenvalue weighted by Gasteiger charge is 2.32. The van der Waals surface area contributed by atoms with Crippen LogP contribution in [0.15, 0.2) is 0 Å². The van der Waals surface area contributed by atoms with Gasteiger partial charge in [0.15, 0.2) is 0 Å². The average Bonchev–Trinajstić information content (AvgIpc) is 2.18. The highest BCUT2D eigenvalue weighted by atomic mass is 15.2. The lowest BCUT2D eigenvalue weighted by Crippen LogP contribution is -2.54. The fraction of sp³-hybridized carbons (Fsp3) is 1.00. The fourth-order valence-electron chi connectivity index (χ4n) is 3.15. The number of hydrogen-bond acceptors (Lipinski definition) is 2. The Morgan fingerprint density at radius 2 is 2.07 bits per heavy atom. The molecule has 1 aliphatic heterocycles. The van der Waals surface area contributed by atoms with E-state index in [0.29, 0.717) is 6.04 Å². The number of nitrogens with two attached hydrogens (primary N) is 1. The van der Waals surface area contributed by atoms with Gasteiger partial charge in [0.1, 0.15) is 0 Å². The Bertz CT molecular complexity index is 173. The average molecular weight is 212 g/mol. The van der Waals surface area contributed by atoms with Crippen molar-refractivity contribution in [1.82, 2.24) is 4.90 Å². The zero-order valence-electron chi connectivity index (χ0n) is 10.9. The summed E-state index contributed by atoms with van der Waals surface area (Å²) in [6.45, 7) is 11.4. The van der Waals surface area contributed by atoms with Crippen LogP contribution in [-0.2, 0) is 0 Å². The van der Waals surface area contributed by atoms with E-state index < -0.39 is 0 Å². The molecule has 0 aromatic rings. The summed E-state index contributed by atoms with van der Waals surface area (Å²) in [4.78, 5) is 2.68. The van der Waals surface area contributed by atoms with E-state index in [1.807, 2.05) is 0 Å². The van der Waals surface area contributed by atoms with E-state index in [2.05, 4.69) is 32.6 Å². The standard InChI is InChI=1S/C13H28N2/c1-5-12(10(2)3)15-8-6-7-11(4)13(15)9-14/h10-13H,5-9,14H2,1-4H3. The zero-order valence-corrected chi connectivity index (χ0v) is 10.9. The number of hydrogen-bond donors (Lipinski definition) is 1. The van der Waals surface area contributed by atoms with E-state index in [1.54, 1.807) is 0 Å². The normalized spacial score (nSPS) is 30.8. The molecule has 15 heavy (non-hydrogen) atoms. The molecule has 1 saturated heterocycles. The lowest BCUT2D eigenvalue weighted by atomic mass is 9.87. The summed E-state index contributed by atoms with van der Waals surface area (Å²) < 4.78 is 0. The van der Waals surface area contributed by atoms with Crippen molar-refractivity contribution in [1.29, 1.82) is 0 Å². The first-order valence-electron chi connectivity index (χ1n) is 6.57. The first kappa shape index (κ1) is 13.0. The van der Waals surface area contributed by atoms with Gasteiger partial charge in [-0.3, -0.25) is 4.90 Å². The molecule has 2 heteroatoms. The van der Waals surface area contributed by atoms with Gasteiger partial charge in [-0.1, -0.05) is 27.7 Å². The highest BCUT2D eigenvalue weighted by molar-refractivity contribution is 4.87. The maximum absolute atomic E-state index is 5.94. The van der Waals surface area contributed by atoms with Crippen LogP contribution in [0.2, 0.25) is 0 Å². The molecule has 0 spiro atoms. The number of piperidine rings is 1. The van der Waals surface area contributed by atoms with Crippen LogP contribution in [0.1, 0.15) is 47.0 Å². The van der Waals surface area contributed by atoms with E-state index >= 15 is 0 Å². The molecule has 1 heterocycles. The summed E-state index contributed by atoms with van der Waals surface area (Å²) in [5, 5.41) is 0. The molecule has 0 saturated carbocycles. The van der Waals surface area contributed by atoms with Crippen LogP contribution >= 0.6 is 0 Å². The van der Waals surface area contributed by atoms with Gasteiger partial charge in [0, 0.05) is 18.6 Å². The molecular weight excluding hydrogens is 184 g/mol. The molecule has 1 aliphatic rings. The van der Waals surface area contributed by atoms with Gasteiger partial charge in [0.05, 0.1) is 0 Å². The Labute approximate surface area is 95.2 Å². The molecular formula is C13H28N2. The largest absolute Gasteiger partial charge is 0.329 e. The molecule has 0 bridgehead atoms. The Kier molecular flexibility index (Phi) is 5.07. The molecule has 90 valence electrons. The molecule has 3 unspecified atom stereocenters. The zero-order chi connectivity index (χ0) is 11.4. The van der Waals surface area contributed by atoms with Crippen LogP contribution in [-0.4, -0.2) is 30.1 Å². The van der Waals surface area contributed by atoms with E-state index in [1.165, 1.54) is 25.8 Å². The third-order valence-corrected chi connectivity index (χ3v) is 4.01. The van der Waals surface area contributed by atoms with Crippen molar-refractivity contribution >= 4 is 0 Å². The van der Waals surface area contributed by atoms with Crippen LogP contribution < -0.4 is 5.73 Å². The summed E-state index contributed by atoms with van der Waals surface area (Å²) in [6.07, 6.45) is 3.95. The smallest absolute Gasteiger partial charge is 0.0247 e. The molecule has 3 atom stereocenters. The van der Waals surface area contributed by atoms with Crippen molar-refractivity contribution in [2.75, 3.05) is 13.1 Å². The maximum atomic E-state index is 5.94. The van der Waals surface area contributed by atoms with E-state index in [4.69, 9.17) is 5.73 Å². The van der Waals surface area contributed by atoms with Crippen molar-refractivity contribution in [2.45, 2.75) is 59.0 Å². The minimum atomic E-state index is 0.617. The predicted molar refractivity (Wildman–Crippen MR) is 66.9 cm³/mol. The molecule has 0 aromatic carbocycles. The highest BCUT2D eigenvalue weighted by Crippen LogP contribution is 2.28. The first-order chi connectivity index (χ1) is 7.11. The lowest BCUT2D eigenvalue weighted by Gasteiger charge is -2.45. The van der Waals surface area contributed by atoms with Crippen molar-refractivity contribution in [3.05, 3.63) is 0 Å². The monoisotopic (exact) mass is 212 g/mol. The van der Waals surface area contributed by atoms with Gasteiger partial charge in [-0.15, -0.1) is 0 Å².